The summed E-state index contributed by atoms with van der Waals surface area (Å²) in [7, 11) is 0. The lowest BCUT2D eigenvalue weighted by atomic mass is 9.84. The number of hydrogen-bond donors (Lipinski definition) is 0. The fraction of sp³-hybridized carbons (Fsp3) is 0. The summed E-state index contributed by atoms with van der Waals surface area (Å²) in [6.45, 7) is 0. The van der Waals surface area contributed by atoms with Crippen LogP contribution in [0.2, 0.25) is 0 Å². The van der Waals surface area contributed by atoms with Crippen molar-refractivity contribution in [2.24, 2.45) is 0 Å². The first-order chi connectivity index (χ1) is 23.8. The summed E-state index contributed by atoms with van der Waals surface area (Å²) in [5, 5.41) is 10.1. The largest absolute Gasteiger partial charge is 0.0622 e. The van der Waals surface area contributed by atoms with Gasteiger partial charge in [0.2, 0.25) is 0 Å². The van der Waals surface area contributed by atoms with Crippen molar-refractivity contribution in [2.45, 2.75) is 0 Å². The third kappa shape index (κ3) is 5.05. The molecule has 0 aliphatic carbocycles. The molecule has 0 spiro atoms. The number of rotatable bonds is 5. The van der Waals surface area contributed by atoms with Crippen LogP contribution in [0, 0.1) is 0 Å². The van der Waals surface area contributed by atoms with E-state index in [2.05, 4.69) is 194 Å². The average Bonchev–Trinajstić information content (AvgIpc) is 3.16. The summed E-state index contributed by atoms with van der Waals surface area (Å²) in [6.07, 6.45) is 4.38. The van der Waals surface area contributed by atoms with Crippen LogP contribution in [0.15, 0.2) is 182 Å². The molecule has 0 saturated carbocycles. The second-order valence-electron chi connectivity index (χ2n) is 12.5. The molecular formula is C48H32. The van der Waals surface area contributed by atoms with Gasteiger partial charge in [-0.15, -0.1) is 0 Å². The van der Waals surface area contributed by atoms with Crippen molar-refractivity contribution in [3.63, 3.8) is 0 Å². The second kappa shape index (κ2) is 11.8. The predicted octanol–water partition coefficient (Wildman–Crippen LogP) is 13.5. The molecule has 224 valence electrons. The smallest absolute Gasteiger partial charge is 0.00259 e. The monoisotopic (exact) mass is 608 g/mol. The van der Waals surface area contributed by atoms with Gasteiger partial charge >= 0.3 is 0 Å². The van der Waals surface area contributed by atoms with Crippen LogP contribution in [0.1, 0.15) is 11.1 Å². The van der Waals surface area contributed by atoms with Gasteiger partial charge in [-0.25, -0.2) is 0 Å². The highest BCUT2D eigenvalue weighted by atomic mass is 14.2. The van der Waals surface area contributed by atoms with Crippen molar-refractivity contribution in [3.05, 3.63) is 193 Å². The lowest BCUT2D eigenvalue weighted by Gasteiger charge is -2.19. The Kier molecular flexibility index (Phi) is 6.91. The van der Waals surface area contributed by atoms with Crippen molar-refractivity contribution >= 4 is 55.2 Å². The van der Waals surface area contributed by atoms with Gasteiger partial charge in [0.1, 0.15) is 0 Å². The molecule has 9 rings (SSSR count). The van der Waals surface area contributed by atoms with Crippen LogP contribution in [-0.4, -0.2) is 0 Å². The van der Waals surface area contributed by atoms with Gasteiger partial charge in [-0.05, 0) is 112 Å². The molecular weight excluding hydrogens is 577 g/mol. The molecule has 0 aliphatic rings. The molecule has 9 aromatic rings. The zero-order valence-corrected chi connectivity index (χ0v) is 26.5. The van der Waals surface area contributed by atoms with Crippen LogP contribution in [0.4, 0.5) is 0 Å². The van der Waals surface area contributed by atoms with Crippen LogP contribution in [0.25, 0.3) is 88.6 Å². The van der Waals surface area contributed by atoms with Crippen LogP contribution in [0.5, 0.6) is 0 Å². The highest BCUT2D eigenvalue weighted by Gasteiger charge is 2.18. The van der Waals surface area contributed by atoms with Crippen LogP contribution in [0.3, 0.4) is 0 Å². The zero-order chi connectivity index (χ0) is 31.9. The van der Waals surface area contributed by atoms with Gasteiger partial charge in [-0.3, -0.25) is 0 Å². The topological polar surface area (TPSA) is 0 Å². The summed E-state index contributed by atoms with van der Waals surface area (Å²) in [4.78, 5) is 0. The van der Waals surface area contributed by atoms with Gasteiger partial charge in [-0.1, -0.05) is 170 Å². The van der Waals surface area contributed by atoms with Crippen LogP contribution in [-0.2, 0) is 0 Å². The van der Waals surface area contributed by atoms with Gasteiger partial charge in [0, 0.05) is 0 Å². The first-order valence-electron chi connectivity index (χ1n) is 16.6. The molecule has 0 fully saturated rings. The molecule has 0 atom stereocenters. The van der Waals surface area contributed by atoms with E-state index in [1.54, 1.807) is 0 Å². The van der Waals surface area contributed by atoms with E-state index in [9.17, 15) is 0 Å². The normalized spacial score (nSPS) is 11.7. The minimum atomic E-state index is 1.18. The minimum Gasteiger partial charge on any atom is -0.0622 e. The minimum absolute atomic E-state index is 1.18. The van der Waals surface area contributed by atoms with Crippen molar-refractivity contribution < 1.29 is 0 Å². The molecule has 0 saturated heterocycles. The van der Waals surface area contributed by atoms with E-state index in [1.807, 2.05) is 0 Å². The standard InChI is InChI=1S/C48H32/c1-2-11-33(12-3-1)21-22-34-13-10-18-37(29-34)40-27-28-45-46(32-40)48(42-26-24-36-15-5-7-17-39(36)31-42)44-20-9-8-19-43(44)47(45)41-25-23-35-14-4-6-16-38(35)30-41/h1-32H. The van der Waals surface area contributed by atoms with Crippen molar-refractivity contribution in [3.8, 4) is 33.4 Å². The molecule has 48 heavy (non-hydrogen) atoms. The zero-order valence-electron chi connectivity index (χ0n) is 26.5. The molecule has 0 heterocycles. The highest BCUT2D eigenvalue weighted by Crippen LogP contribution is 2.45. The summed E-state index contributed by atoms with van der Waals surface area (Å²) in [5.41, 5.74) is 9.82. The fourth-order valence-electron chi connectivity index (χ4n) is 7.25. The van der Waals surface area contributed by atoms with Crippen molar-refractivity contribution in [1.82, 2.24) is 0 Å². The fourth-order valence-corrected chi connectivity index (χ4v) is 7.25. The first-order valence-corrected chi connectivity index (χ1v) is 16.6. The SMILES string of the molecule is C(=Cc1cccc(-c2ccc3c(-c4ccc5ccccc5c4)c4ccccc4c(-c4ccc5ccccc5c4)c3c2)c1)c1ccccc1. The molecule has 0 aromatic heterocycles. The van der Waals surface area contributed by atoms with Crippen molar-refractivity contribution in [2.75, 3.05) is 0 Å². The van der Waals surface area contributed by atoms with E-state index in [1.165, 1.54) is 87.6 Å². The predicted molar refractivity (Wildman–Crippen MR) is 208 cm³/mol. The van der Waals surface area contributed by atoms with Gasteiger partial charge in [0.15, 0.2) is 0 Å². The third-order valence-corrected chi connectivity index (χ3v) is 9.59. The van der Waals surface area contributed by atoms with Crippen molar-refractivity contribution in [1.29, 1.82) is 0 Å². The lowest BCUT2D eigenvalue weighted by molar-refractivity contribution is 1.61. The Labute approximate surface area is 280 Å². The number of benzene rings is 9. The second-order valence-corrected chi connectivity index (χ2v) is 12.5. The molecule has 0 unspecified atom stereocenters. The molecule has 0 amide bonds. The van der Waals surface area contributed by atoms with E-state index in [0.717, 1.165) is 0 Å². The molecule has 0 nitrogen and oxygen atoms in total. The van der Waals surface area contributed by atoms with E-state index in [4.69, 9.17) is 0 Å². The Balaban J connectivity index is 1.30. The van der Waals surface area contributed by atoms with Crippen LogP contribution >= 0.6 is 0 Å². The quantitative estimate of drug-likeness (QED) is 0.135. The molecule has 9 aromatic carbocycles. The van der Waals surface area contributed by atoms with Gasteiger partial charge in [0.05, 0.1) is 0 Å². The summed E-state index contributed by atoms with van der Waals surface area (Å²) in [5.74, 6) is 0. The Morgan fingerprint density at radius 1 is 0.250 bits per heavy atom. The van der Waals surface area contributed by atoms with E-state index >= 15 is 0 Å². The van der Waals surface area contributed by atoms with Crippen LogP contribution < -0.4 is 0 Å². The lowest BCUT2D eigenvalue weighted by Crippen LogP contribution is -1.92. The molecule has 0 bridgehead atoms. The Morgan fingerprint density at radius 2 is 0.729 bits per heavy atom. The molecule has 0 heteroatoms. The molecule has 0 N–H and O–H groups in total. The maximum absolute atomic E-state index is 2.41. The van der Waals surface area contributed by atoms with Gasteiger partial charge in [-0.2, -0.15) is 0 Å². The third-order valence-electron chi connectivity index (χ3n) is 9.59. The summed E-state index contributed by atoms with van der Waals surface area (Å²) >= 11 is 0. The average molecular weight is 609 g/mol. The summed E-state index contributed by atoms with van der Waals surface area (Å²) in [6, 6.07) is 66.4. The Hall–Kier alpha value is -6.24. The maximum Gasteiger partial charge on any atom is -0.00259 e. The van der Waals surface area contributed by atoms with E-state index in [-0.39, 0.29) is 0 Å². The number of hydrogen-bond acceptors (Lipinski definition) is 0. The Morgan fingerprint density at radius 3 is 1.40 bits per heavy atom. The van der Waals surface area contributed by atoms with Gasteiger partial charge < -0.3 is 0 Å². The van der Waals surface area contributed by atoms with E-state index in [0.29, 0.717) is 0 Å². The first kappa shape index (κ1) is 28.0. The number of fused-ring (bicyclic) bond motifs is 4. The van der Waals surface area contributed by atoms with Gasteiger partial charge in [0.25, 0.3) is 0 Å². The maximum atomic E-state index is 2.41. The summed E-state index contributed by atoms with van der Waals surface area (Å²) < 4.78 is 0. The Bertz CT molecular complexity index is 2660. The molecule has 0 radical (unpaired) electrons. The van der Waals surface area contributed by atoms with E-state index < -0.39 is 0 Å². The highest BCUT2D eigenvalue weighted by molar-refractivity contribution is 6.22. The molecule has 0 aliphatic heterocycles.